The Balaban J connectivity index is 2.14. The molecule has 3 nitrogen and oxygen atoms in total. The highest BCUT2D eigenvalue weighted by Crippen LogP contribution is 2.46. The lowest BCUT2D eigenvalue weighted by Gasteiger charge is -1.98. The molecule has 0 bridgehead atoms. The lowest BCUT2D eigenvalue weighted by atomic mass is 10.2. The minimum Gasteiger partial charge on any atom is -0.330 e. The Morgan fingerprint density at radius 1 is 1.82 bits per heavy atom. The molecule has 1 aromatic rings. The first-order chi connectivity index (χ1) is 5.33. The summed E-state index contributed by atoms with van der Waals surface area (Å²) in [6, 6.07) is 2.08. The second kappa shape index (κ2) is 2.34. The largest absolute Gasteiger partial charge is 0.330 e. The quantitative estimate of drug-likeness (QED) is 0.668. The summed E-state index contributed by atoms with van der Waals surface area (Å²) in [6.45, 7) is 0.815. The van der Waals surface area contributed by atoms with Gasteiger partial charge in [0.15, 0.2) is 0 Å². The Bertz CT molecular complexity index is 254. The number of hydrogen-bond donors (Lipinski definition) is 1. The molecule has 0 aliphatic heterocycles. The monoisotopic (exact) mass is 151 g/mol. The number of aryl methyl sites for hydroxylation is 1. The molecular formula is C8H13N3. The second-order valence-electron chi connectivity index (χ2n) is 3.22. The van der Waals surface area contributed by atoms with Crippen LogP contribution in [0.15, 0.2) is 12.3 Å². The van der Waals surface area contributed by atoms with Crippen LogP contribution < -0.4 is 5.73 Å². The molecular weight excluding hydrogens is 138 g/mol. The van der Waals surface area contributed by atoms with E-state index in [-0.39, 0.29) is 0 Å². The van der Waals surface area contributed by atoms with Crippen molar-refractivity contribution in [1.82, 2.24) is 9.78 Å². The summed E-state index contributed by atoms with van der Waals surface area (Å²) in [5.74, 6) is 1.40. The highest BCUT2D eigenvalue weighted by Gasteiger charge is 2.38. The first kappa shape index (κ1) is 6.85. The fourth-order valence-corrected chi connectivity index (χ4v) is 1.62. The minimum absolute atomic E-state index is 0.687. The first-order valence-electron chi connectivity index (χ1n) is 4.01. The van der Waals surface area contributed by atoms with Gasteiger partial charge >= 0.3 is 0 Å². The van der Waals surface area contributed by atoms with E-state index in [2.05, 4.69) is 11.2 Å². The van der Waals surface area contributed by atoms with Crippen molar-refractivity contribution in [3.8, 4) is 0 Å². The van der Waals surface area contributed by atoms with Crippen LogP contribution in [-0.2, 0) is 7.05 Å². The van der Waals surface area contributed by atoms with Gasteiger partial charge in [0.2, 0.25) is 0 Å². The molecule has 60 valence electrons. The number of nitrogens with zero attached hydrogens (tertiary/aromatic N) is 2. The van der Waals surface area contributed by atoms with E-state index in [4.69, 9.17) is 5.73 Å². The van der Waals surface area contributed by atoms with E-state index in [0.29, 0.717) is 11.8 Å². The van der Waals surface area contributed by atoms with E-state index in [1.807, 2.05) is 17.9 Å². The fraction of sp³-hybridized carbons (Fsp3) is 0.625. The lowest BCUT2D eigenvalue weighted by molar-refractivity contribution is 0.690. The number of hydrogen-bond acceptors (Lipinski definition) is 2. The molecule has 2 atom stereocenters. The maximum atomic E-state index is 5.55. The van der Waals surface area contributed by atoms with Gasteiger partial charge in [0.25, 0.3) is 0 Å². The summed E-state index contributed by atoms with van der Waals surface area (Å²) in [5, 5.41) is 4.12. The zero-order valence-corrected chi connectivity index (χ0v) is 6.70. The molecule has 1 heterocycles. The van der Waals surface area contributed by atoms with Gasteiger partial charge in [0.05, 0.1) is 0 Å². The van der Waals surface area contributed by atoms with E-state index in [0.717, 1.165) is 6.54 Å². The third kappa shape index (κ3) is 1.05. The van der Waals surface area contributed by atoms with Gasteiger partial charge in [0.1, 0.15) is 0 Å². The van der Waals surface area contributed by atoms with Gasteiger partial charge in [-0.3, -0.25) is 4.68 Å². The van der Waals surface area contributed by atoms with Crippen LogP contribution in [0.5, 0.6) is 0 Å². The van der Waals surface area contributed by atoms with Gasteiger partial charge in [0, 0.05) is 24.9 Å². The summed E-state index contributed by atoms with van der Waals surface area (Å²) >= 11 is 0. The average molecular weight is 151 g/mol. The van der Waals surface area contributed by atoms with E-state index >= 15 is 0 Å². The molecule has 0 radical (unpaired) electrons. The molecule has 1 aliphatic carbocycles. The van der Waals surface area contributed by atoms with Gasteiger partial charge in [-0.05, 0) is 24.9 Å². The topological polar surface area (TPSA) is 43.8 Å². The van der Waals surface area contributed by atoms with E-state index in [1.165, 1.54) is 12.1 Å². The molecule has 1 aliphatic rings. The molecule has 0 spiro atoms. The standard InChI is InChI=1S/C8H13N3/c1-11-8(2-3-10-11)7-4-6(7)5-9/h2-3,6-7H,4-5,9H2,1H3/t6-,7+/m1/s1. The SMILES string of the molecule is Cn1nccc1[C@H]1C[C@@H]1CN. The van der Waals surface area contributed by atoms with Crippen molar-refractivity contribution >= 4 is 0 Å². The van der Waals surface area contributed by atoms with E-state index in [1.54, 1.807) is 0 Å². The third-order valence-corrected chi connectivity index (χ3v) is 2.46. The average Bonchev–Trinajstić information content (AvgIpc) is 2.68. The predicted octanol–water partition coefficient (Wildman–Crippen LogP) is 0.482. The van der Waals surface area contributed by atoms with Gasteiger partial charge < -0.3 is 5.73 Å². The van der Waals surface area contributed by atoms with Crippen LogP contribution in [0.1, 0.15) is 18.0 Å². The summed E-state index contributed by atoms with van der Waals surface area (Å²) in [7, 11) is 1.99. The molecule has 1 saturated carbocycles. The summed E-state index contributed by atoms with van der Waals surface area (Å²) in [4.78, 5) is 0. The number of aromatic nitrogens is 2. The molecule has 0 unspecified atom stereocenters. The molecule has 2 rings (SSSR count). The Labute approximate surface area is 66.2 Å². The van der Waals surface area contributed by atoms with Crippen molar-refractivity contribution in [1.29, 1.82) is 0 Å². The van der Waals surface area contributed by atoms with Crippen LogP contribution in [0.25, 0.3) is 0 Å². The van der Waals surface area contributed by atoms with Crippen LogP contribution in [0.2, 0.25) is 0 Å². The summed E-state index contributed by atoms with van der Waals surface area (Å²) in [6.07, 6.45) is 3.09. The zero-order valence-electron chi connectivity index (χ0n) is 6.70. The number of rotatable bonds is 2. The van der Waals surface area contributed by atoms with Crippen LogP contribution in [-0.4, -0.2) is 16.3 Å². The van der Waals surface area contributed by atoms with Crippen LogP contribution in [0.4, 0.5) is 0 Å². The normalized spacial score (nSPS) is 28.9. The maximum Gasteiger partial charge on any atom is 0.0492 e. The first-order valence-corrected chi connectivity index (χ1v) is 4.01. The second-order valence-corrected chi connectivity index (χ2v) is 3.22. The Hall–Kier alpha value is -0.830. The molecule has 2 N–H and O–H groups in total. The lowest BCUT2D eigenvalue weighted by Crippen LogP contribution is -2.04. The zero-order chi connectivity index (χ0) is 7.84. The van der Waals surface area contributed by atoms with Crippen molar-refractivity contribution in [3.05, 3.63) is 18.0 Å². The Morgan fingerprint density at radius 2 is 2.64 bits per heavy atom. The Morgan fingerprint density at radius 3 is 3.09 bits per heavy atom. The predicted molar refractivity (Wildman–Crippen MR) is 43.1 cm³/mol. The van der Waals surface area contributed by atoms with Crippen molar-refractivity contribution in [2.45, 2.75) is 12.3 Å². The fourth-order valence-electron chi connectivity index (χ4n) is 1.62. The molecule has 11 heavy (non-hydrogen) atoms. The molecule has 0 saturated heterocycles. The summed E-state index contributed by atoms with van der Waals surface area (Å²) in [5.41, 5.74) is 6.88. The summed E-state index contributed by atoms with van der Waals surface area (Å²) < 4.78 is 1.94. The van der Waals surface area contributed by atoms with Crippen molar-refractivity contribution < 1.29 is 0 Å². The van der Waals surface area contributed by atoms with Gasteiger partial charge in [-0.1, -0.05) is 0 Å². The third-order valence-electron chi connectivity index (χ3n) is 2.46. The van der Waals surface area contributed by atoms with Crippen LogP contribution in [0.3, 0.4) is 0 Å². The molecule has 1 fully saturated rings. The van der Waals surface area contributed by atoms with Crippen LogP contribution in [0, 0.1) is 5.92 Å². The van der Waals surface area contributed by atoms with Gasteiger partial charge in [-0.2, -0.15) is 5.10 Å². The molecule has 1 aromatic heterocycles. The molecule has 0 aromatic carbocycles. The van der Waals surface area contributed by atoms with Crippen LogP contribution >= 0.6 is 0 Å². The molecule has 0 amide bonds. The highest BCUT2D eigenvalue weighted by atomic mass is 15.3. The van der Waals surface area contributed by atoms with Gasteiger partial charge in [-0.15, -0.1) is 0 Å². The Kier molecular flexibility index (Phi) is 1.46. The van der Waals surface area contributed by atoms with Crippen molar-refractivity contribution in [3.63, 3.8) is 0 Å². The van der Waals surface area contributed by atoms with Crippen molar-refractivity contribution in [2.75, 3.05) is 6.54 Å². The smallest absolute Gasteiger partial charge is 0.0492 e. The van der Waals surface area contributed by atoms with E-state index in [9.17, 15) is 0 Å². The van der Waals surface area contributed by atoms with Crippen molar-refractivity contribution in [2.24, 2.45) is 18.7 Å². The highest BCUT2D eigenvalue weighted by molar-refractivity contribution is 5.17. The number of nitrogens with two attached hydrogens (primary N) is 1. The minimum atomic E-state index is 0.687. The van der Waals surface area contributed by atoms with E-state index < -0.39 is 0 Å². The van der Waals surface area contributed by atoms with Gasteiger partial charge in [-0.25, -0.2) is 0 Å². The maximum absolute atomic E-state index is 5.55. The molecule has 3 heteroatoms.